The Labute approximate surface area is 149 Å². The fourth-order valence-electron chi connectivity index (χ4n) is 2.56. The van der Waals surface area contributed by atoms with E-state index in [4.69, 9.17) is 23.2 Å². The van der Waals surface area contributed by atoms with Crippen LogP contribution in [0.15, 0.2) is 48.5 Å². The Bertz CT molecular complexity index is 747. The SMILES string of the molecule is O=C(Nc1ccc(Cl)cc1)NC1CC(=O)N(c2ccc(Cl)cc2)C1. The molecule has 0 radical (unpaired) electrons. The first kappa shape index (κ1) is 16.6. The number of halogens is 2. The van der Waals surface area contributed by atoms with Gasteiger partial charge in [-0.05, 0) is 48.5 Å². The molecule has 1 atom stereocenters. The van der Waals surface area contributed by atoms with Crippen LogP contribution in [0.5, 0.6) is 0 Å². The third kappa shape index (κ3) is 3.99. The van der Waals surface area contributed by atoms with Crippen molar-refractivity contribution in [3.8, 4) is 0 Å². The monoisotopic (exact) mass is 363 g/mol. The van der Waals surface area contributed by atoms with Crippen molar-refractivity contribution >= 4 is 46.5 Å². The van der Waals surface area contributed by atoms with Crippen molar-refractivity contribution in [2.45, 2.75) is 12.5 Å². The maximum absolute atomic E-state index is 12.2. The minimum atomic E-state index is -0.354. The minimum Gasteiger partial charge on any atom is -0.333 e. The Morgan fingerprint density at radius 3 is 2.21 bits per heavy atom. The van der Waals surface area contributed by atoms with Crippen LogP contribution in [0.4, 0.5) is 16.2 Å². The summed E-state index contributed by atoms with van der Waals surface area (Å²) in [5.74, 6) is -0.0332. The molecule has 0 aromatic heterocycles. The van der Waals surface area contributed by atoms with E-state index in [0.29, 0.717) is 22.3 Å². The molecule has 1 saturated heterocycles. The molecule has 1 unspecified atom stereocenters. The lowest BCUT2D eigenvalue weighted by Crippen LogP contribution is -2.39. The quantitative estimate of drug-likeness (QED) is 0.867. The molecule has 0 spiro atoms. The molecule has 24 heavy (non-hydrogen) atoms. The van der Waals surface area contributed by atoms with Gasteiger partial charge in [0, 0.05) is 34.4 Å². The van der Waals surface area contributed by atoms with Crippen LogP contribution in [0.25, 0.3) is 0 Å². The van der Waals surface area contributed by atoms with E-state index in [0.717, 1.165) is 5.69 Å². The topological polar surface area (TPSA) is 61.4 Å². The molecule has 5 nitrogen and oxygen atoms in total. The molecule has 0 aliphatic carbocycles. The summed E-state index contributed by atoms with van der Waals surface area (Å²) in [6.07, 6.45) is 0.261. The van der Waals surface area contributed by atoms with Gasteiger partial charge < -0.3 is 15.5 Å². The van der Waals surface area contributed by atoms with Crippen LogP contribution in [-0.4, -0.2) is 24.5 Å². The van der Waals surface area contributed by atoms with Gasteiger partial charge in [-0.25, -0.2) is 4.79 Å². The van der Waals surface area contributed by atoms with Gasteiger partial charge in [0.1, 0.15) is 0 Å². The zero-order chi connectivity index (χ0) is 17.1. The maximum Gasteiger partial charge on any atom is 0.319 e. The highest BCUT2D eigenvalue weighted by atomic mass is 35.5. The van der Waals surface area contributed by atoms with Gasteiger partial charge in [-0.1, -0.05) is 23.2 Å². The van der Waals surface area contributed by atoms with Gasteiger partial charge in [0.2, 0.25) is 5.91 Å². The predicted molar refractivity (Wildman–Crippen MR) is 95.8 cm³/mol. The average Bonchev–Trinajstić information content (AvgIpc) is 2.90. The first-order valence-corrected chi connectivity index (χ1v) is 8.16. The summed E-state index contributed by atoms with van der Waals surface area (Å²) in [6, 6.07) is 13.2. The van der Waals surface area contributed by atoms with E-state index >= 15 is 0 Å². The number of amides is 3. The molecular formula is C17H15Cl2N3O2. The van der Waals surface area contributed by atoms with E-state index in [9.17, 15) is 9.59 Å². The molecule has 3 amide bonds. The van der Waals surface area contributed by atoms with Crippen molar-refractivity contribution < 1.29 is 9.59 Å². The lowest BCUT2D eigenvalue weighted by Gasteiger charge is -2.17. The summed E-state index contributed by atoms with van der Waals surface area (Å²) in [6.45, 7) is 0.425. The van der Waals surface area contributed by atoms with E-state index < -0.39 is 0 Å². The molecule has 0 bridgehead atoms. The third-order valence-corrected chi connectivity index (χ3v) is 4.20. The van der Waals surface area contributed by atoms with Gasteiger partial charge in [0.05, 0.1) is 6.04 Å². The number of anilines is 2. The fraction of sp³-hybridized carbons (Fsp3) is 0.176. The van der Waals surface area contributed by atoms with Gasteiger partial charge >= 0.3 is 6.03 Å². The number of nitrogens with zero attached hydrogens (tertiary/aromatic N) is 1. The van der Waals surface area contributed by atoms with Crippen LogP contribution < -0.4 is 15.5 Å². The number of urea groups is 1. The van der Waals surface area contributed by atoms with Crippen molar-refractivity contribution in [2.75, 3.05) is 16.8 Å². The summed E-state index contributed by atoms with van der Waals surface area (Å²) in [5, 5.41) is 6.74. The Morgan fingerprint density at radius 1 is 1.00 bits per heavy atom. The maximum atomic E-state index is 12.2. The van der Waals surface area contributed by atoms with Crippen molar-refractivity contribution in [1.82, 2.24) is 5.32 Å². The van der Waals surface area contributed by atoms with Crippen LogP contribution >= 0.6 is 23.2 Å². The predicted octanol–water partition coefficient (Wildman–Crippen LogP) is 3.92. The van der Waals surface area contributed by atoms with Crippen molar-refractivity contribution in [1.29, 1.82) is 0 Å². The summed E-state index contributed by atoms with van der Waals surface area (Å²) < 4.78 is 0. The van der Waals surface area contributed by atoms with Crippen LogP contribution in [-0.2, 0) is 4.79 Å². The lowest BCUT2D eigenvalue weighted by atomic mass is 10.2. The fourth-order valence-corrected chi connectivity index (χ4v) is 2.81. The average molecular weight is 364 g/mol. The third-order valence-electron chi connectivity index (χ3n) is 3.70. The Morgan fingerprint density at radius 2 is 1.58 bits per heavy atom. The highest BCUT2D eigenvalue weighted by Gasteiger charge is 2.31. The number of rotatable bonds is 3. The second-order valence-corrected chi connectivity index (χ2v) is 6.36. The molecule has 1 heterocycles. The number of carbonyl (C=O) groups excluding carboxylic acids is 2. The summed E-state index contributed by atoms with van der Waals surface area (Å²) in [4.78, 5) is 25.8. The second kappa shape index (κ2) is 7.11. The van der Waals surface area contributed by atoms with Gasteiger partial charge in [0.25, 0.3) is 0 Å². The molecule has 1 fully saturated rings. The van der Waals surface area contributed by atoms with Crippen molar-refractivity contribution in [2.24, 2.45) is 0 Å². The first-order chi connectivity index (χ1) is 11.5. The molecular weight excluding hydrogens is 349 g/mol. The van der Waals surface area contributed by atoms with Gasteiger partial charge in [-0.2, -0.15) is 0 Å². The number of hydrogen-bond acceptors (Lipinski definition) is 2. The van der Waals surface area contributed by atoms with E-state index in [2.05, 4.69) is 10.6 Å². The van der Waals surface area contributed by atoms with E-state index in [1.165, 1.54) is 0 Å². The normalized spacial score (nSPS) is 17.0. The molecule has 2 aromatic carbocycles. The Balaban J connectivity index is 1.58. The molecule has 1 aliphatic rings. The van der Waals surface area contributed by atoms with Gasteiger partial charge in [-0.15, -0.1) is 0 Å². The zero-order valence-corrected chi connectivity index (χ0v) is 14.1. The smallest absolute Gasteiger partial charge is 0.319 e. The second-order valence-electron chi connectivity index (χ2n) is 5.49. The number of carbonyl (C=O) groups is 2. The summed E-state index contributed by atoms with van der Waals surface area (Å²) in [5.41, 5.74) is 1.41. The van der Waals surface area contributed by atoms with E-state index in [1.807, 2.05) is 0 Å². The lowest BCUT2D eigenvalue weighted by molar-refractivity contribution is -0.117. The number of benzene rings is 2. The Hall–Kier alpha value is -2.24. The molecule has 0 saturated carbocycles. The highest BCUT2D eigenvalue weighted by molar-refractivity contribution is 6.31. The summed E-state index contributed by atoms with van der Waals surface area (Å²) >= 11 is 11.7. The van der Waals surface area contributed by atoms with Crippen LogP contribution in [0.3, 0.4) is 0 Å². The largest absolute Gasteiger partial charge is 0.333 e. The highest BCUT2D eigenvalue weighted by Crippen LogP contribution is 2.23. The van der Waals surface area contributed by atoms with Crippen LogP contribution in [0.1, 0.15) is 6.42 Å². The molecule has 1 aliphatic heterocycles. The number of nitrogens with one attached hydrogen (secondary N) is 2. The zero-order valence-electron chi connectivity index (χ0n) is 12.6. The van der Waals surface area contributed by atoms with E-state index in [-0.39, 0.29) is 24.4 Å². The molecule has 2 aromatic rings. The molecule has 2 N–H and O–H groups in total. The molecule has 7 heteroatoms. The van der Waals surface area contributed by atoms with Crippen molar-refractivity contribution in [3.63, 3.8) is 0 Å². The Kier molecular flexibility index (Phi) is 4.92. The summed E-state index contributed by atoms with van der Waals surface area (Å²) in [7, 11) is 0. The van der Waals surface area contributed by atoms with Crippen molar-refractivity contribution in [3.05, 3.63) is 58.6 Å². The molecule has 3 rings (SSSR count). The van der Waals surface area contributed by atoms with Gasteiger partial charge in [-0.3, -0.25) is 4.79 Å². The number of hydrogen-bond donors (Lipinski definition) is 2. The van der Waals surface area contributed by atoms with E-state index in [1.54, 1.807) is 53.4 Å². The van der Waals surface area contributed by atoms with Crippen LogP contribution in [0, 0.1) is 0 Å². The van der Waals surface area contributed by atoms with Crippen LogP contribution in [0.2, 0.25) is 10.0 Å². The first-order valence-electron chi connectivity index (χ1n) is 7.40. The standard InChI is InChI=1S/C17H15Cl2N3O2/c18-11-1-5-13(6-2-11)20-17(24)21-14-9-16(23)22(10-14)15-7-3-12(19)4-8-15/h1-8,14H,9-10H2,(H2,20,21,24). The molecule has 124 valence electrons. The minimum absolute atomic E-state index is 0.0332. The van der Waals surface area contributed by atoms with Gasteiger partial charge in [0.15, 0.2) is 0 Å².